The van der Waals surface area contributed by atoms with Gasteiger partial charge in [0.1, 0.15) is 0 Å². The number of nitrogens with zero attached hydrogens (tertiary/aromatic N) is 1. The van der Waals surface area contributed by atoms with Crippen molar-refractivity contribution in [3.05, 3.63) is 17.7 Å². The first-order valence-electron chi connectivity index (χ1n) is 4.41. The lowest BCUT2D eigenvalue weighted by atomic mass is 10.1. The van der Waals surface area contributed by atoms with Gasteiger partial charge in [-0.1, -0.05) is 0 Å². The van der Waals surface area contributed by atoms with Gasteiger partial charge in [-0.15, -0.1) is 0 Å². The van der Waals surface area contributed by atoms with Gasteiger partial charge in [0.15, 0.2) is 11.5 Å². The molecular formula is C10H8FNO3. The number of isocyanates is 1. The number of halogens is 1. The molecule has 78 valence electrons. The standard InChI is InChI=1S/C10H8FNO3/c11-2-1-7-3-9-10(15-6-14-9)4-8(7)12-5-13/h3-4H,1-2,6H2. The quantitative estimate of drug-likeness (QED) is 0.564. The molecule has 5 heteroatoms. The van der Waals surface area contributed by atoms with Crippen molar-refractivity contribution in [3.63, 3.8) is 0 Å². The summed E-state index contributed by atoms with van der Waals surface area (Å²) >= 11 is 0. The summed E-state index contributed by atoms with van der Waals surface area (Å²) in [4.78, 5) is 13.7. The average molecular weight is 209 g/mol. The van der Waals surface area contributed by atoms with E-state index in [0.717, 1.165) is 0 Å². The fourth-order valence-electron chi connectivity index (χ4n) is 1.43. The van der Waals surface area contributed by atoms with Gasteiger partial charge in [0.25, 0.3) is 0 Å². The Morgan fingerprint density at radius 1 is 1.40 bits per heavy atom. The van der Waals surface area contributed by atoms with Crippen LogP contribution in [0.25, 0.3) is 0 Å². The molecule has 0 aliphatic carbocycles. The van der Waals surface area contributed by atoms with Crippen LogP contribution in [0.4, 0.5) is 10.1 Å². The Morgan fingerprint density at radius 2 is 2.13 bits per heavy atom. The molecule has 0 atom stereocenters. The molecule has 0 amide bonds. The minimum atomic E-state index is -0.513. The number of rotatable bonds is 3. The predicted molar refractivity (Wildman–Crippen MR) is 50.0 cm³/mol. The number of hydrogen-bond acceptors (Lipinski definition) is 4. The number of ether oxygens (including phenoxy) is 2. The van der Waals surface area contributed by atoms with Gasteiger partial charge in [0.2, 0.25) is 12.9 Å². The van der Waals surface area contributed by atoms with Crippen molar-refractivity contribution >= 4 is 11.8 Å². The van der Waals surface area contributed by atoms with Crippen molar-refractivity contribution in [2.45, 2.75) is 6.42 Å². The summed E-state index contributed by atoms with van der Waals surface area (Å²) in [7, 11) is 0. The Balaban J connectivity index is 2.46. The summed E-state index contributed by atoms with van der Waals surface area (Å²) in [6, 6.07) is 3.19. The molecule has 0 saturated carbocycles. The lowest BCUT2D eigenvalue weighted by molar-refractivity contribution is 0.174. The van der Waals surface area contributed by atoms with Crippen molar-refractivity contribution in [3.8, 4) is 11.5 Å². The van der Waals surface area contributed by atoms with Gasteiger partial charge in [-0.3, -0.25) is 4.39 Å². The fraction of sp³-hybridized carbons (Fsp3) is 0.300. The number of fused-ring (bicyclic) bond motifs is 1. The second kappa shape index (κ2) is 4.11. The molecule has 15 heavy (non-hydrogen) atoms. The van der Waals surface area contributed by atoms with Crippen LogP contribution in [0.3, 0.4) is 0 Å². The number of aliphatic imine (C=N–C) groups is 1. The second-order valence-corrected chi connectivity index (χ2v) is 2.98. The average Bonchev–Trinajstić information content (AvgIpc) is 2.66. The molecule has 1 heterocycles. The Hall–Kier alpha value is -1.87. The largest absolute Gasteiger partial charge is 0.454 e. The van der Waals surface area contributed by atoms with Gasteiger partial charge < -0.3 is 9.47 Å². The first-order valence-corrected chi connectivity index (χ1v) is 4.41. The van der Waals surface area contributed by atoms with Gasteiger partial charge in [-0.25, -0.2) is 4.79 Å². The molecule has 0 saturated heterocycles. The van der Waals surface area contributed by atoms with Gasteiger partial charge in [0, 0.05) is 12.5 Å². The highest BCUT2D eigenvalue weighted by atomic mass is 19.1. The van der Waals surface area contributed by atoms with Crippen LogP contribution >= 0.6 is 0 Å². The number of hydrogen-bond donors (Lipinski definition) is 0. The lowest BCUT2D eigenvalue weighted by Crippen LogP contribution is -1.93. The van der Waals surface area contributed by atoms with Crippen LogP contribution in [0.15, 0.2) is 17.1 Å². The third kappa shape index (κ3) is 1.82. The zero-order chi connectivity index (χ0) is 10.7. The summed E-state index contributed by atoms with van der Waals surface area (Å²) in [6.45, 7) is -0.375. The molecule has 0 spiro atoms. The van der Waals surface area contributed by atoms with Crippen LogP contribution in [0, 0.1) is 0 Å². The zero-order valence-corrected chi connectivity index (χ0v) is 7.83. The maximum absolute atomic E-state index is 12.2. The maximum atomic E-state index is 12.2. The Bertz CT molecular complexity index is 427. The summed E-state index contributed by atoms with van der Waals surface area (Å²) in [5.41, 5.74) is 0.997. The summed E-state index contributed by atoms with van der Waals surface area (Å²) in [5.74, 6) is 1.08. The minimum absolute atomic E-state index is 0.138. The van der Waals surface area contributed by atoms with Crippen molar-refractivity contribution in [2.24, 2.45) is 4.99 Å². The molecule has 0 bridgehead atoms. The normalized spacial score (nSPS) is 12.3. The molecule has 1 aliphatic rings. The van der Waals surface area contributed by atoms with E-state index in [0.29, 0.717) is 22.7 Å². The van der Waals surface area contributed by atoms with E-state index in [4.69, 9.17) is 9.47 Å². The van der Waals surface area contributed by atoms with E-state index in [2.05, 4.69) is 4.99 Å². The second-order valence-electron chi connectivity index (χ2n) is 2.98. The molecule has 0 fully saturated rings. The number of carbonyl (C=O) groups excluding carboxylic acids is 1. The van der Waals surface area contributed by atoms with Gasteiger partial charge >= 0.3 is 0 Å². The minimum Gasteiger partial charge on any atom is -0.454 e. The van der Waals surface area contributed by atoms with E-state index in [-0.39, 0.29) is 13.2 Å². The van der Waals surface area contributed by atoms with Crippen LogP contribution in [-0.2, 0) is 11.2 Å². The predicted octanol–water partition coefficient (Wildman–Crippen LogP) is 1.89. The van der Waals surface area contributed by atoms with Crippen LogP contribution in [-0.4, -0.2) is 19.5 Å². The van der Waals surface area contributed by atoms with E-state index >= 15 is 0 Å². The van der Waals surface area contributed by atoms with E-state index in [1.165, 1.54) is 6.08 Å². The smallest absolute Gasteiger partial charge is 0.240 e. The Morgan fingerprint density at radius 3 is 2.80 bits per heavy atom. The molecule has 0 unspecified atom stereocenters. The van der Waals surface area contributed by atoms with Crippen molar-refractivity contribution in [1.82, 2.24) is 0 Å². The van der Waals surface area contributed by atoms with Crippen LogP contribution in [0.5, 0.6) is 11.5 Å². The van der Waals surface area contributed by atoms with E-state index in [1.807, 2.05) is 0 Å². The molecule has 2 rings (SSSR count). The van der Waals surface area contributed by atoms with Crippen LogP contribution in [0.2, 0.25) is 0 Å². The summed E-state index contributed by atoms with van der Waals surface area (Å²) in [5, 5.41) is 0. The highest BCUT2D eigenvalue weighted by Crippen LogP contribution is 2.38. The van der Waals surface area contributed by atoms with Crippen molar-refractivity contribution < 1.29 is 18.7 Å². The molecule has 0 radical (unpaired) electrons. The molecule has 1 aromatic carbocycles. The molecular weight excluding hydrogens is 201 g/mol. The van der Waals surface area contributed by atoms with Gasteiger partial charge in [-0.05, 0) is 11.6 Å². The molecule has 4 nitrogen and oxygen atoms in total. The summed E-state index contributed by atoms with van der Waals surface area (Å²) < 4.78 is 22.5. The molecule has 0 N–H and O–H groups in total. The molecule has 1 aromatic rings. The number of alkyl halides is 1. The molecule has 0 aromatic heterocycles. The van der Waals surface area contributed by atoms with Crippen molar-refractivity contribution in [1.29, 1.82) is 0 Å². The first-order chi connectivity index (χ1) is 7.35. The topological polar surface area (TPSA) is 47.9 Å². The Labute approximate surface area is 85.3 Å². The third-order valence-electron chi connectivity index (χ3n) is 2.10. The highest BCUT2D eigenvalue weighted by molar-refractivity contribution is 5.61. The first kappa shape index (κ1) is 9.68. The van der Waals surface area contributed by atoms with Gasteiger partial charge in [0.05, 0.1) is 12.4 Å². The number of benzene rings is 1. The van der Waals surface area contributed by atoms with E-state index < -0.39 is 6.67 Å². The fourth-order valence-corrected chi connectivity index (χ4v) is 1.43. The maximum Gasteiger partial charge on any atom is 0.240 e. The zero-order valence-electron chi connectivity index (χ0n) is 7.83. The number of aryl methyl sites for hydroxylation is 1. The van der Waals surface area contributed by atoms with Crippen LogP contribution in [0.1, 0.15) is 5.56 Å². The third-order valence-corrected chi connectivity index (χ3v) is 2.10. The van der Waals surface area contributed by atoms with Crippen LogP contribution < -0.4 is 9.47 Å². The summed E-state index contributed by atoms with van der Waals surface area (Å²) in [6.07, 6.45) is 1.62. The monoisotopic (exact) mass is 209 g/mol. The molecule has 1 aliphatic heterocycles. The van der Waals surface area contributed by atoms with Crippen molar-refractivity contribution in [2.75, 3.05) is 13.5 Å². The van der Waals surface area contributed by atoms with E-state index in [9.17, 15) is 9.18 Å². The van der Waals surface area contributed by atoms with Gasteiger partial charge in [-0.2, -0.15) is 4.99 Å². The SMILES string of the molecule is O=C=Nc1cc2c(cc1CCF)OCO2. The highest BCUT2D eigenvalue weighted by Gasteiger charge is 2.16. The van der Waals surface area contributed by atoms with E-state index in [1.54, 1.807) is 12.1 Å². The lowest BCUT2D eigenvalue weighted by Gasteiger charge is -2.03. The Kier molecular flexibility index (Phi) is 2.65.